The summed E-state index contributed by atoms with van der Waals surface area (Å²) in [6.07, 6.45) is 12.3. The highest BCUT2D eigenvalue weighted by Gasteiger charge is 2.36. The number of carbonyl (C=O) groups is 1. The van der Waals surface area contributed by atoms with E-state index in [-0.39, 0.29) is 0 Å². The second kappa shape index (κ2) is 8.57. The molecule has 2 N–H and O–H groups in total. The number of hydrogen-bond donors (Lipinski definition) is 2. The Hall–Kier alpha value is -0.650. The summed E-state index contributed by atoms with van der Waals surface area (Å²) >= 11 is 0. The maximum absolute atomic E-state index is 12.7. The highest BCUT2D eigenvalue weighted by molar-refractivity contribution is 5.76. The fourth-order valence-electron chi connectivity index (χ4n) is 5.89. The Morgan fingerprint density at radius 3 is 2.46 bits per heavy atom. The molecule has 26 heavy (non-hydrogen) atoms. The average molecular weight is 364 g/mol. The second-order valence-corrected chi connectivity index (χ2v) is 9.41. The first-order chi connectivity index (χ1) is 12.7. The quantitative estimate of drug-likeness (QED) is 0.760. The number of amides is 1. The van der Waals surface area contributed by atoms with Gasteiger partial charge in [0.25, 0.3) is 0 Å². The van der Waals surface area contributed by atoms with Gasteiger partial charge in [-0.05, 0) is 44.4 Å². The van der Waals surface area contributed by atoms with Crippen LogP contribution in [0.3, 0.4) is 0 Å². The molecular formula is C21H37N3O2. The smallest absolute Gasteiger partial charge is 0.220 e. The highest BCUT2D eigenvalue weighted by atomic mass is 16.5. The van der Waals surface area contributed by atoms with Crippen LogP contribution in [0.4, 0.5) is 0 Å². The lowest BCUT2D eigenvalue weighted by Gasteiger charge is -2.42. The Bertz CT molecular complexity index is 460. The summed E-state index contributed by atoms with van der Waals surface area (Å²) < 4.78 is 5.51. The van der Waals surface area contributed by atoms with Crippen LogP contribution in [0.5, 0.6) is 0 Å². The Morgan fingerprint density at radius 2 is 1.77 bits per heavy atom. The molecule has 0 spiro atoms. The first kappa shape index (κ1) is 18.7. The van der Waals surface area contributed by atoms with Gasteiger partial charge in [0.15, 0.2) is 0 Å². The molecule has 5 nitrogen and oxygen atoms in total. The van der Waals surface area contributed by atoms with E-state index in [4.69, 9.17) is 4.74 Å². The zero-order valence-electron chi connectivity index (χ0n) is 16.3. The zero-order chi connectivity index (χ0) is 17.8. The number of nitrogens with zero attached hydrogens (tertiary/aromatic N) is 1. The maximum Gasteiger partial charge on any atom is 0.220 e. The molecule has 4 fully saturated rings. The molecule has 4 aliphatic rings. The van der Waals surface area contributed by atoms with Crippen LogP contribution < -0.4 is 10.6 Å². The van der Waals surface area contributed by atoms with Gasteiger partial charge in [-0.1, -0.05) is 19.3 Å². The molecule has 0 aromatic heterocycles. The van der Waals surface area contributed by atoms with Crippen molar-refractivity contribution in [2.45, 2.75) is 76.3 Å². The van der Waals surface area contributed by atoms with Gasteiger partial charge in [-0.3, -0.25) is 9.69 Å². The number of rotatable bonds is 6. The van der Waals surface area contributed by atoms with Gasteiger partial charge in [0, 0.05) is 50.1 Å². The number of ether oxygens (including phenoxy) is 1. The molecule has 3 aliphatic heterocycles. The van der Waals surface area contributed by atoms with Gasteiger partial charge in [-0.2, -0.15) is 0 Å². The van der Waals surface area contributed by atoms with Gasteiger partial charge < -0.3 is 15.4 Å². The highest BCUT2D eigenvalue weighted by Crippen LogP contribution is 2.37. The zero-order valence-corrected chi connectivity index (χ0v) is 16.3. The van der Waals surface area contributed by atoms with Crippen LogP contribution in [0.2, 0.25) is 0 Å². The minimum Gasteiger partial charge on any atom is -0.379 e. The molecule has 2 unspecified atom stereocenters. The van der Waals surface area contributed by atoms with E-state index in [2.05, 4.69) is 15.5 Å². The Balaban J connectivity index is 1.27. The van der Waals surface area contributed by atoms with Crippen LogP contribution in [0.25, 0.3) is 0 Å². The molecule has 5 heteroatoms. The van der Waals surface area contributed by atoms with E-state index in [1.165, 1.54) is 57.8 Å². The SMILES string of the molecule is O=C(CC1CC2CCC(C1)N2)NCC1(CN2CCOCC2)CCCCC1. The minimum absolute atomic E-state index is 0.290. The van der Waals surface area contributed by atoms with Gasteiger partial charge in [0.05, 0.1) is 13.2 Å². The van der Waals surface area contributed by atoms with Crippen LogP contribution in [0.15, 0.2) is 0 Å². The van der Waals surface area contributed by atoms with E-state index < -0.39 is 0 Å². The van der Waals surface area contributed by atoms with Crippen molar-refractivity contribution in [1.29, 1.82) is 0 Å². The third kappa shape index (κ3) is 4.79. The second-order valence-electron chi connectivity index (χ2n) is 9.41. The first-order valence-corrected chi connectivity index (χ1v) is 11.0. The minimum atomic E-state index is 0.290. The van der Waals surface area contributed by atoms with Gasteiger partial charge in [0.1, 0.15) is 0 Å². The molecule has 3 saturated heterocycles. The lowest BCUT2D eigenvalue weighted by atomic mass is 9.73. The Labute approximate surface area is 158 Å². The van der Waals surface area contributed by atoms with E-state index >= 15 is 0 Å². The molecule has 0 radical (unpaired) electrons. The number of hydrogen-bond acceptors (Lipinski definition) is 4. The van der Waals surface area contributed by atoms with Crippen molar-refractivity contribution < 1.29 is 9.53 Å². The fraction of sp³-hybridized carbons (Fsp3) is 0.952. The van der Waals surface area contributed by atoms with E-state index in [0.29, 0.717) is 29.3 Å². The summed E-state index contributed by atoms with van der Waals surface area (Å²) in [6, 6.07) is 1.36. The number of carbonyl (C=O) groups excluding carboxylic acids is 1. The van der Waals surface area contributed by atoms with Crippen LogP contribution in [-0.2, 0) is 9.53 Å². The van der Waals surface area contributed by atoms with E-state index in [9.17, 15) is 4.79 Å². The number of fused-ring (bicyclic) bond motifs is 2. The molecule has 2 bridgehead atoms. The molecule has 148 valence electrons. The van der Waals surface area contributed by atoms with Crippen molar-refractivity contribution in [3.05, 3.63) is 0 Å². The first-order valence-electron chi connectivity index (χ1n) is 11.0. The normalized spacial score (nSPS) is 34.5. The molecule has 0 aromatic carbocycles. The topological polar surface area (TPSA) is 53.6 Å². The maximum atomic E-state index is 12.7. The third-order valence-corrected chi connectivity index (χ3v) is 7.28. The average Bonchev–Trinajstić information content (AvgIpc) is 3.00. The number of nitrogens with one attached hydrogen (secondary N) is 2. The summed E-state index contributed by atoms with van der Waals surface area (Å²) in [4.78, 5) is 15.2. The van der Waals surface area contributed by atoms with Crippen molar-refractivity contribution in [2.24, 2.45) is 11.3 Å². The van der Waals surface area contributed by atoms with E-state index in [0.717, 1.165) is 45.8 Å². The van der Waals surface area contributed by atoms with Crippen molar-refractivity contribution >= 4 is 5.91 Å². The Kier molecular flexibility index (Phi) is 6.17. The predicted molar refractivity (Wildman–Crippen MR) is 103 cm³/mol. The lowest BCUT2D eigenvalue weighted by molar-refractivity contribution is -0.123. The summed E-state index contributed by atoms with van der Waals surface area (Å²) in [6.45, 7) is 5.83. The van der Waals surface area contributed by atoms with Crippen LogP contribution in [0, 0.1) is 11.3 Å². The molecule has 1 amide bonds. The van der Waals surface area contributed by atoms with Gasteiger partial charge in [0.2, 0.25) is 5.91 Å². The molecule has 3 heterocycles. The fourth-order valence-corrected chi connectivity index (χ4v) is 5.89. The monoisotopic (exact) mass is 363 g/mol. The van der Waals surface area contributed by atoms with Gasteiger partial charge >= 0.3 is 0 Å². The summed E-state index contributed by atoms with van der Waals surface area (Å²) in [5.41, 5.74) is 0.290. The largest absolute Gasteiger partial charge is 0.379 e. The van der Waals surface area contributed by atoms with Crippen LogP contribution in [0.1, 0.15) is 64.2 Å². The van der Waals surface area contributed by atoms with Crippen molar-refractivity contribution in [3.63, 3.8) is 0 Å². The van der Waals surface area contributed by atoms with E-state index in [1.807, 2.05) is 0 Å². The predicted octanol–water partition coefficient (Wildman–Crippen LogP) is 2.31. The van der Waals surface area contributed by atoms with Crippen LogP contribution >= 0.6 is 0 Å². The molecule has 1 aliphatic carbocycles. The molecule has 0 aromatic rings. The van der Waals surface area contributed by atoms with E-state index in [1.54, 1.807) is 0 Å². The van der Waals surface area contributed by atoms with Crippen molar-refractivity contribution in [2.75, 3.05) is 39.4 Å². The van der Waals surface area contributed by atoms with Crippen LogP contribution in [-0.4, -0.2) is 62.3 Å². The number of morpholine rings is 1. The Morgan fingerprint density at radius 1 is 1.08 bits per heavy atom. The number of piperidine rings is 1. The van der Waals surface area contributed by atoms with Crippen molar-refractivity contribution in [1.82, 2.24) is 15.5 Å². The summed E-state index contributed by atoms with van der Waals surface area (Å²) in [7, 11) is 0. The summed E-state index contributed by atoms with van der Waals surface area (Å²) in [5.74, 6) is 0.888. The molecule has 4 rings (SSSR count). The van der Waals surface area contributed by atoms with Gasteiger partial charge in [-0.15, -0.1) is 0 Å². The molecular weight excluding hydrogens is 326 g/mol. The third-order valence-electron chi connectivity index (χ3n) is 7.28. The summed E-state index contributed by atoms with van der Waals surface area (Å²) in [5, 5.41) is 7.04. The molecule has 2 atom stereocenters. The lowest BCUT2D eigenvalue weighted by Crippen LogP contribution is -2.49. The van der Waals surface area contributed by atoms with Crippen molar-refractivity contribution in [3.8, 4) is 0 Å². The van der Waals surface area contributed by atoms with Gasteiger partial charge in [-0.25, -0.2) is 0 Å². The standard InChI is InChI=1S/C21H37N3O2/c25-20(14-17-12-18-4-5-19(13-17)23-18)22-15-21(6-2-1-3-7-21)16-24-8-10-26-11-9-24/h17-19,23H,1-16H2,(H,22,25). The molecule has 1 saturated carbocycles.